The number of nitrogens with one attached hydrogen (secondary N) is 1. The number of aromatic nitrogens is 6. The van der Waals surface area contributed by atoms with Crippen LogP contribution in [0.4, 0.5) is 4.39 Å². The molecule has 0 aliphatic carbocycles. The molecule has 3 aromatic carbocycles. The summed E-state index contributed by atoms with van der Waals surface area (Å²) in [7, 11) is -3.97. The van der Waals surface area contributed by atoms with E-state index in [0.717, 1.165) is 20.7 Å². The van der Waals surface area contributed by atoms with Crippen molar-refractivity contribution < 1.29 is 12.8 Å². The third kappa shape index (κ3) is 3.97. The van der Waals surface area contributed by atoms with Crippen molar-refractivity contribution in [2.45, 2.75) is 11.8 Å². The molecule has 10 heteroatoms. The molecule has 0 bridgehead atoms. The molecule has 37 heavy (non-hydrogen) atoms. The minimum absolute atomic E-state index is 0.134. The van der Waals surface area contributed by atoms with Gasteiger partial charge in [-0.1, -0.05) is 54.1 Å². The number of rotatable bonds is 5. The summed E-state index contributed by atoms with van der Waals surface area (Å²) >= 11 is 0. The molecule has 3 aromatic heterocycles. The molecule has 0 saturated heterocycles. The number of aromatic amines is 1. The Kier molecular flexibility index (Phi) is 5.38. The average molecular weight is 511 g/mol. The van der Waals surface area contributed by atoms with E-state index in [1.54, 1.807) is 42.6 Å². The van der Waals surface area contributed by atoms with E-state index in [1.807, 2.05) is 43.3 Å². The molecular formula is C27H19FN6O2S. The maximum atomic E-state index is 15.1. The molecule has 6 rings (SSSR count). The van der Waals surface area contributed by atoms with Gasteiger partial charge in [0.25, 0.3) is 10.0 Å². The number of H-pyrrole nitrogens is 1. The van der Waals surface area contributed by atoms with Gasteiger partial charge >= 0.3 is 0 Å². The smallest absolute Gasteiger partial charge is 0.239 e. The van der Waals surface area contributed by atoms with Crippen molar-refractivity contribution in [3.63, 3.8) is 0 Å². The zero-order chi connectivity index (χ0) is 25.6. The van der Waals surface area contributed by atoms with Crippen LogP contribution in [0.1, 0.15) is 5.56 Å². The highest BCUT2D eigenvalue weighted by Gasteiger charge is 2.24. The van der Waals surface area contributed by atoms with Crippen molar-refractivity contribution in [2.75, 3.05) is 0 Å². The van der Waals surface area contributed by atoms with Gasteiger partial charge in [0.2, 0.25) is 0 Å². The maximum absolute atomic E-state index is 15.1. The number of hydrogen-bond acceptors (Lipinski definition) is 6. The summed E-state index contributed by atoms with van der Waals surface area (Å²) in [6.07, 6.45) is 3.13. The van der Waals surface area contributed by atoms with Crippen molar-refractivity contribution in [2.24, 2.45) is 0 Å². The minimum atomic E-state index is -3.97. The molecule has 8 nitrogen and oxygen atoms in total. The molecule has 0 spiro atoms. The third-order valence-electron chi connectivity index (χ3n) is 6.18. The van der Waals surface area contributed by atoms with E-state index in [0.29, 0.717) is 16.5 Å². The molecule has 0 aliphatic rings. The van der Waals surface area contributed by atoms with Gasteiger partial charge in [-0.3, -0.25) is 0 Å². The Bertz CT molecular complexity index is 1850. The molecule has 3 heterocycles. The van der Waals surface area contributed by atoms with Gasteiger partial charge < -0.3 is 0 Å². The molecule has 0 amide bonds. The number of pyridine rings is 1. The van der Waals surface area contributed by atoms with Gasteiger partial charge in [-0.2, -0.15) is 0 Å². The lowest BCUT2D eigenvalue weighted by molar-refractivity contribution is 0.589. The summed E-state index contributed by atoms with van der Waals surface area (Å²) in [6.45, 7) is 1.89. The standard InChI is InChI=1S/C27H19FN6O2S/c1-17-7-10-21(11-8-17)37(35,36)34-16-24(19-9-12-22(25(28)14-19)26-30-32-33-31-26)23-13-20(15-29-27(23)34)18-5-3-2-4-6-18/h2-16H,1H3,(H,30,31,32,33). The lowest BCUT2D eigenvalue weighted by Gasteiger charge is -2.08. The van der Waals surface area contributed by atoms with E-state index >= 15 is 4.39 Å². The first-order valence-electron chi connectivity index (χ1n) is 11.3. The minimum Gasteiger partial charge on any atom is -0.239 e. The lowest BCUT2D eigenvalue weighted by atomic mass is 10.0. The number of fused-ring (bicyclic) bond motifs is 1. The van der Waals surface area contributed by atoms with Crippen LogP contribution in [-0.4, -0.2) is 38.0 Å². The van der Waals surface area contributed by atoms with E-state index < -0.39 is 15.8 Å². The molecular weight excluding hydrogens is 491 g/mol. The van der Waals surface area contributed by atoms with E-state index in [1.165, 1.54) is 12.3 Å². The monoisotopic (exact) mass is 510 g/mol. The predicted molar refractivity (Wildman–Crippen MR) is 137 cm³/mol. The molecule has 0 saturated carbocycles. The van der Waals surface area contributed by atoms with Crippen LogP contribution in [0.2, 0.25) is 0 Å². The van der Waals surface area contributed by atoms with Crippen LogP contribution in [0.25, 0.3) is 44.7 Å². The number of halogens is 1. The second kappa shape index (κ2) is 8.75. The fourth-order valence-corrected chi connectivity index (χ4v) is 5.58. The quantitative estimate of drug-likeness (QED) is 0.340. The average Bonchev–Trinajstić information content (AvgIpc) is 3.58. The highest BCUT2D eigenvalue weighted by Crippen LogP contribution is 2.36. The Morgan fingerprint density at radius 1 is 0.865 bits per heavy atom. The second-order valence-corrected chi connectivity index (χ2v) is 10.4. The number of benzene rings is 3. The first-order valence-corrected chi connectivity index (χ1v) is 12.8. The zero-order valence-electron chi connectivity index (χ0n) is 19.5. The predicted octanol–water partition coefficient (Wildman–Crippen LogP) is 5.23. The summed E-state index contributed by atoms with van der Waals surface area (Å²) in [5, 5.41) is 13.9. The summed E-state index contributed by atoms with van der Waals surface area (Å²) in [4.78, 5) is 4.69. The number of nitrogens with zero attached hydrogens (tertiary/aromatic N) is 5. The molecule has 0 atom stereocenters. The largest absolute Gasteiger partial charge is 0.269 e. The van der Waals surface area contributed by atoms with Gasteiger partial charge in [0.15, 0.2) is 11.5 Å². The van der Waals surface area contributed by atoms with Crippen molar-refractivity contribution in [3.8, 4) is 33.6 Å². The summed E-state index contributed by atoms with van der Waals surface area (Å²) in [5.41, 5.74) is 4.15. The first-order chi connectivity index (χ1) is 17.9. The number of aryl methyl sites for hydroxylation is 1. The summed E-state index contributed by atoms with van der Waals surface area (Å²) < 4.78 is 43.6. The van der Waals surface area contributed by atoms with Gasteiger partial charge in [-0.25, -0.2) is 26.9 Å². The Morgan fingerprint density at radius 3 is 2.35 bits per heavy atom. The fraction of sp³-hybridized carbons (Fsp3) is 0.0370. The molecule has 0 fully saturated rings. The van der Waals surface area contributed by atoms with Crippen LogP contribution in [-0.2, 0) is 10.0 Å². The van der Waals surface area contributed by atoms with Crippen LogP contribution < -0.4 is 0 Å². The Hall–Kier alpha value is -4.70. The molecule has 0 aliphatic heterocycles. The highest BCUT2D eigenvalue weighted by atomic mass is 32.2. The SMILES string of the molecule is Cc1ccc(S(=O)(=O)n2cc(-c3ccc(-c4nnn[nH]4)c(F)c3)c3cc(-c4ccccc4)cnc32)cc1. The van der Waals surface area contributed by atoms with Gasteiger partial charge in [-0.15, -0.1) is 5.10 Å². The number of hydrogen-bond donors (Lipinski definition) is 1. The Labute approximate surface area is 211 Å². The highest BCUT2D eigenvalue weighted by molar-refractivity contribution is 7.90. The number of tetrazole rings is 1. The van der Waals surface area contributed by atoms with Crippen molar-refractivity contribution in [1.29, 1.82) is 0 Å². The van der Waals surface area contributed by atoms with Crippen LogP contribution in [0.5, 0.6) is 0 Å². The van der Waals surface area contributed by atoms with Crippen LogP contribution in [0.15, 0.2) is 96.2 Å². The summed E-state index contributed by atoms with van der Waals surface area (Å²) in [5.74, 6) is -0.355. The van der Waals surface area contributed by atoms with Crippen molar-refractivity contribution in [1.82, 2.24) is 29.6 Å². The van der Waals surface area contributed by atoms with Gasteiger partial charge in [-0.05, 0) is 58.8 Å². The topological polar surface area (TPSA) is 106 Å². The van der Waals surface area contributed by atoms with Gasteiger partial charge in [0.05, 0.1) is 10.5 Å². The van der Waals surface area contributed by atoms with Crippen LogP contribution in [0.3, 0.4) is 0 Å². The molecule has 0 radical (unpaired) electrons. The van der Waals surface area contributed by atoms with E-state index in [4.69, 9.17) is 0 Å². The van der Waals surface area contributed by atoms with Gasteiger partial charge in [0, 0.05) is 28.9 Å². The first kappa shape index (κ1) is 22.7. The van der Waals surface area contributed by atoms with E-state index in [2.05, 4.69) is 25.6 Å². The Morgan fingerprint density at radius 2 is 1.65 bits per heavy atom. The normalized spacial score (nSPS) is 11.7. The third-order valence-corrected chi connectivity index (χ3v) is 7.84. The fourth-order valence-electron chi connectivity index (χ4n) is 4.25. The lowest BCUT2D eigenvalue weighted by Crippen LogP contribution is -2.12. The van der Waals surface area contributed by atoms with Crippen LogP contribution >= 0.6 is 0 Å². The maximum Gasteiger partial charge on any atom is 0.269 e. The van der Waals surface area contributed by atoms with Crippen molar-refractivity contribution in [3.05, 3.63) is 103 Å². The van der Waals surface area contributed by atoms with Crippen LogP contribution in [0, 0.1) is 12.7 Å². The van der Waals surface area contributed by atoms with Gasteiger partial charge in [0.1, 0.15) is 5.82 Å². The zero-order valence-corrected chi connectivity index (χ0v) is 20.3. The Balaban J connectivity index is 1.58. The second-order valence-electron chi connectivity index (χ2n) is 8.56. The van der Waals surface area contributed by atoms with E-state index in [9.17, 15) is 8.42 Å². The molecule has 182 valence electrons. The molecule has 0 unspecified atom stereocenters. The molecule has 1 N–H and O–H groups in total. The van der Waals surface area contributed by atoms with E-state index in [-0.39, 0.29) is 21.9 Å². The summed E-state index contributed by atoms with van der Waals surface area (Å²) in [6, 6.07) is 22.7. The molecule has 6 aromatic rings. The van der Waals surface area contributed by atoms with Crippen molar-refractivity contribution >= 4 is 21.1 Å².